The van der Waals surface area contributed by atoms with Crippen LogP contribution in [0.5, 0.6) is 0 Å². The minimum atomic E-state index is -0.437. The van der Waals surface area contributed by atoms with Crippen LogP contribution in [0.25, 0.3) is 0 Å². The van der Waals surface area contributed by atoms with E-state index in [0.29, 0.717) is 19.1 Å². The summed E-state index contributed by atoms with van der Waals surface area (Å²) in [7, 11) is 1.34. The second kappa shape index (κ2) is 5.33. The fourth-order valence-corrected chi connectivity index (χ4v) is 2.24. The van der Waals surface area contributed by atoms with Gasteiger partial charge in [-0.1, -0.05) is 0 Å². The Morgan fingerprint density at radius 3 is 3.18 bits per heavy atom. The maximum absolute atomic E-state index is 11.2. The van der Waals surface area contributed by atoms with Crippen molar-refractivity contribution < 1.29 is 13.9 Å². The zero-order valence-electron chi connectivity index (χ0n) is 10.0. The number of hydrogen-bond acceptors (Lipinski definition) is 5. The van der Waals surface area contributed by atoms with Gasteiger partial charge in [-0.2, -0.15) is 0 Å². The summed E-state index contributed by atoms with van der Waals surface area (Å²) in [4.78, 5) is 13.5. The highest BCUT2D eigenvalue weighted by atomic mass is 16.5. The molecule has 94 valence electrons. The maximum Gasteiger partial charge on any atom is 0.373 e. The number of ether oxygens (including phenoxy) is 1. The second-order valence-electron chi connectivity index (χ2n) is 4.26. The highest BCUT2D eigenvalue weighted by molar-refractivity contribution is 5.86. The number of carbonyl (C=O) groups excluding carboxylic acids is 1. The molecule has 17 heavy (non-hydrogen) atoms. The Hall–Kier alpha value is -1.33. The number of esters is 1. The van der Waals surface area contributed by atoms with Crippen LogP contribution in [0.2, 0.25) is 0 Å². The van der Waals surface area contributed by atoms with Crippen molar-refractivity contribution in [1.82, 2.24) is 4.90 Å². The Labute approximate surface area is 101 Å². The molecule has 1 aliphatic heterocycles. The molecule has 0 aliphatic carbocycles. The third-order valence-electron chi connectivity index (χ3n) is 3.18. The van der Waals surface area contributed by atoms with Crippen LogP contribution in [0.3, 0.4) is 0 Å². The maximum atomic E-state index is 11.2. The molecule has 2 N–H and O–H groups in total. The molecule has 0 aromatic carbocycles. The van der Waals surface area contributed by atoms with Gasteiger partial charge in [0, 0.05) is 12.6 Å². The molecule has 0 bridgehead atoms. The molecule has 1 aromatic heterocycles. The number of likely N-dealkylation sites (tertiary alicyclic amines) is 1. The van der Waals surface area contributed by atoms with E-state index in [1.807, 2.05) is 6.07 Å². The summed E-state index contributed by atoms with van der Waals surface area (Å²) in [5.74, 6) is 0.602. The number of hydrogen-bond donors (Lipinski definition) is 1. The zero-order chi connectivity index (χ0) is 12.3. The van der Waals surface area contributed by atoms with E-state index in [2.05, 4.69) is 9.64 Å². The van der Waals surface area contributed by atoms with Gasteiger partial charge in [-0.3, -0.25) is 4.90 Å². The standard InChI is InChI=1S/C12H18N2O3/c1-16-12(15)11-5-4-10(17-11)8-14-6-2-3-9(14)7-13/h4-5,9H,2-3,6-8,13H2,1H3. The first-order chi connectivity index (χ1) is 8.24. The van der Waals surface area contributed by atoms with Crippen LogP contribution in [0.15, 0.2) is 16.5 Å². The minimum absolute atomic E-state index is 0.256. The molecule has 1 unspecified atom stereocenters. The Bertz CT molecular complexity index is 389. The molecular formula is C12H18N2O3. The van der Waals surface area contributed by atoms with E-state index < -0.39 is 5.97 Å². The quantitative estimate of drug-likeness (QED) is 0.792. The molecule has 2 rings (SSSR count). The van der Waals surface area contributed by atoms with Crippen LogP contribution in [-0.2, 0) is 11.3 Å². The van der Waals surface area contributed by atoms with E-state index in [-0.39, 0.29) is 5.76 Å². The van der Waals surface area contributed by atoms with Crippen LogP contribution in [-0.4, -0.2) is 37.1 Å². The van der Waals surface area contributed by atoms with Gasteiger partial charge >= 0.3 is 5.97 Å². The van der Waals surface area contributed by atoms with Gasteiger partial charge in [0.15, 0.2) is 0 Å². The molecule has 0 amide bonds. The lowest BCUT2D eigenvalue weighted by Gasteiger charge is -2.21. The first kappa shape index (κ1) is 12.1. The summed E-state index contributed by atoms with van der Waals surface area (Å²) in [6.07, 6.45) is 2.31. The van der Waals surface area contributed by atoms with Crippen LogP contribution < -0.4 is 5.73 Å². The third kappa shape index (κ3) is 2.68. The predicted molar refractivity (Wildman–Crippen MR) is 62.5 cm³/mol. The van der Waals surface area contributed by atoms with Crippen molar-refractivity contribution in [2.75, 3.05) is 20.2 Å². The van der Waals surface area contributed by atoms with E-state index in [9.17, 15) is 4.79 Å². The highest BCUT2D eigenvalue weighted by Crippen LogP contribution is 2.20. The summed E-state index contributed by atoms with van der Waals surface area (Å²) in [5, 5.41) is 0. The summed E-state index contributed by atoms with van der Waals surface area (Å²) in [6, 6.07) is 3.90. The van der Waals surface area contributed by atoms with E-state index in [0.717, 1.165) is 18.7 Å². The Kier molecular flexibility index (Phi) is 3.81. The number of furan rings is 1. The molecule has 1 atom stereocenters. The van der Waals surface area contributed by atoms with E-state index in [1.165, 1.54) is 13.5 Å². The van der Waals surface area contributed by atoms with Gasteiger partial charge in [-0.25, -0.2) is 4.79 Å². The molecule has 1 fully saturated rings. The lowest BCUT2D eigenvalue weighted by molar-refractivity contribution is 0.0561. The lowest BCUT2D eigenvalue weighted by atomic mass is 10.2. The summed E-state index contributed by atoms with van der Waals surface area (Å²) < 4.78 is 10.0. The molecule has 2 heterocycles. The topological polar surface area (TPSA) is 68.7 Å². The Morgan fingerprint density at radius 2 is 2.47 bits per heavy atom. The van der Waals surface area contributed by atoms with Crippen LogP contribution in [0.1, 0.15) is 29.2 Å². The van der Waals surface area contributed by atoms with E-state index in [4.69, 9.17) is 10.2 Å². The van der Waals surface area contributed by atoms with Crippen LogP contribution in [0.4, 0.5) is 0 Å². The van der Waals surface area contributed by atoms with Crippen molar-refractivity contribution >= 4 is 5.97 Å². The Morgan fingerprint density at radius 1 is 1.65 bits per heavy atom. The average molecular weight is 238 g/mol. The van der Waals surface area contributed by atoms with Gasteiger partial charge in [0.1, 0.15) is 5.76 Å². The lowest BCUT2D eigenvalue weighted by Crippen LogP contribution is -2.34. The SMILES string of the molecule is COC(=O)c1ccc(CN2CCCC2CN)o1. The number of nitrogens with zero attached hydrogens (tertiary/aromatic N) is 1. The predicted octanol–water partition coefficient (Wildman–Crippen LogP) is 0.989. The fourth-order valence-electron chi connectivity index (χ4n) is 2.24. The van der Waals surface area contributed by atoms with E-state index in [1.54, 1.807) is 6.07 Å². The third-order valence-corrected chi connectivity index (χ3v) is 3.18. The fraction of sp³-hybridized carbons (Fsp3) is 0.583. The molecule has 5 nitrogen and oxygen atoms in total. The van der Waals surface area contributed by atoms with Gasteiger partial charge < -0.3 is 14.9 Å². The van der Waals surface area contributed by atoms with Crippen molar-refractivity contribution in [3.63, 3.8) is 0 Å². The average Bonchev–Trinajstić information content (AvgIpc) is 2.97. The van der Waals surface area contributed by atoms with Gasteiger partial charge in [0.05, 0.1) is 13.7 Å². The largest absolute Gasteiger partial charge is 0.463 e. The number of carbonyl (C=O) groups is 1. The molecule has 0 radical (unpaired) electrons. The normalized spacial score (nSPS) is 20.7. The number of nitrogens with two attached hydrogens (primary N) is 1. The number of methoxy groups -OCH3 is 1. The monoisotopic (exact) mass is 238 g/mol. The second-order valence-corrected chi connectivity index (χ2v) is 4.26. The number of rotatable bonds is 4. The molecule has 0 saturated carbocycles. The summed E-state index contributed by atoms with van der Waals surface area (Å²) in [5.41, 5.74) is 5.71. The van der Waals surface area contributed by atoms with Crippen molar-refractivity contribution in [3.05, 3.63) is 23.7 Å². The minimum Gasteiger partial charge on any atom is -0.463 e. The van der Waals surface area contributed by atoms with Gasteiger partial charge in [0.25, 0.3) is 0 Å². The van der Waals surface area contributed by atoms with Crippen molar-refractivity contribution in [2.45, 2.75) is 25.4 Å². The van der Waals surface area contributed by atoms with Crippen molar-refractivity contribution in [1.29, 1.82) is 0 Å². The molecule has 1 saturated heterocycles. The molecular weight excluding hydrogens is 220 g/mol. The summed E-state index contributed by atoms with van der Waals surface area (Å²) >= 11 is 0. The van der Waals surface area contributed by atoms with Crippen LogP contribution >= 0.6 is 0 Å². The smallest absolute Gasteiger partial charge is 0.373 e. The van der Waals surface area contributed by atoms with Gasteiger partial charge in [-0.15, -0.1) is 0 Å². The van der Waals surface area contributed by atoms with Gasteiger partial charge in [0.2, 0.25) is 5.76 Å². The van der Waals surface area contributed by atoms with Crippen molar-refractivity contribution in [2.24, 2.45) is 5.73 Å². The molecule has 0 spiro atoms. The van der Waals surface area contributed by atoms with E-state index >= 15 is 0 Å². The van der Waals surface area contributed by atoms with Gasteiger partial charge in [-0.05, 0) is 31.5 Å². The first-order valence-electron chi connectivity index (χ1n) is 5.85. The molecule has 5 heteroatoms. The van der Waals surface area contributed by atoms with Crippen LogP contribution in [0, 0.1) is 0 Å². The molecule has 1 aromatic rings. The zero-order valence-corrected chi connectivity index (χ0v) is 10.0. The molecule has 1 aliphatic rings. The van der Waals surface area contributed by atoms with Crippen molar-refractivity contribution in [3.8, 4) is 0 Å². The summed E-state index contributed by atoms with van der Waals surface area (Å²) in [6.45, 7) is 2.42. The first-order valence-corrected chi connectivity index (χ1v) is 5.85. The Balaban J connectivity index is 1.99. The highest BCUT2D eigenvalue weighted by Gasteiger charge is 2.24.